The van der Waals surface area contributed by atoms with E-state index in [1.54, 1.807) is 7.11 Å². The van der Waals surface area contributed by atoms with Gasteiger partial charge in [-0.2, -0.15) is 0 Å². The molecule has 0 aliphatic rings. The maximum absolute atomic E-state index is 10.6. The van der Waals surface area contributed by atoms with Crippen molar-refractivity contribution in [2.24, 2.45) is 11.5 Å². The Labute approximate surface area is 102 Å². The first-order valence-electron chi connectivity index (χ1n) is 5.73. The van der Waals surface area contributed by atoms with Crippen LogP contribution < -0.4 is 16.2 Å². The number of rotatable bonds is 6. The molecule has 94 valence electrons. The fourth-order valence-corrected chi connectivity index (χ4v) is 1.80. The maximum Gasteiger partial charge on any atom is 0.217 e. The minimum Gasteiger partial charge on any atom is -0.496 e. The van der Waals surface area contributed by atoms with Crippen molar-refractivity contribution in [2.75, 3.05) is 7.11 Å². The molecule has 0 aliphatic heterocycles. The molecule has 0 bridgehead atoms. The molecule has 1 atom stereocenters. The number of ether oxygens (including phenoxy) is 1. The quantitative estimate of drug-likeness (QED) is 0.788. The van der Waals surface area contributed by atoms with Crippen molar-refractivity contribution in [3.63, 3.8) is 0 Å². The first kappa shape index (κ1) is 13.5. The van der Waals surface area contributed by atoms with Crippen molar-refractivity contribution in [2.45, 2.75) is 32.2 Å². The van der Waals surface area contributed by atoms with Gasteiger partial charge in [0.2, 0.25) is 5.91 Å². The SMILES string of the molecule is COc1ccc(C(N)CCCC(N)=O)cc1C. The Balaban J connectivity index is 2.59. The lowest BCUT2D eigenvalue weighted by molar-refractivity contribution is -0.118. The highest BCUT2D eigenvalue weighted by Crippen LogP contribution is 2.23. The van der Waals surface area contributed by atoms with Gasteiger partial charge in [-0.25, -0.2) is 0 Å². The molecule has 1 unspecified atom stereocenters. The van der Waals surface area contributed by atoms with Crippen molar-refractivity contribution in [1.82, 2.24) is 0 Å². The van der Waals surface area contributed by atoms with Gasteiger partial charge in [0.15, 0.2) is 0 Å². The van der Waals surface area contributed by atoms with E-state index in [9.17, 15) is 4.79 Å². The molecule has 1 aromatic rings. The predicted octanol–water partition coefficient (Wildman–Crippen LogP) is 1.66. The number of hydrogen-bond acceptors (Lipinski definition) is 3. The van der Waals surface area contributed by atoms with Gasteiger partial charge in [-0.1, -0.05) is 12.1 Å². The van der Waals surface area contributed by atoms with Gasteiger partial charge in [0, 0.05) is 12.5 Å². The average Bonchev–Trinajstić information content (AvgIpc) is 2.28. The maximum atomic E-state index is 10.6. The third-order valence-electron chi connectivity index (χ3n) is 2.79. The van der Waals surface area contributed by atoms with E-state index in [1.807, 2.05) is 25.1 Å². The lowest BCUT2D eigenvalue weighted by Gasteiger charge is -2.13. The minimum absolute atomic E-state index is 0.0565. The van der Waals surface area contributed by atoms with Crippen molar-refractivity contribution >= 4 is 5.91 Å². The molecule has 1 rings (SSSR count). The number of carbonyl (C=O) groups is 1. The van der Waals surface area contributed by atoms with Crippen LogP contribution >= 0.6 is 0 Å². The lowest BCUT2D eigenvalue weighted by Crippen LogP contribution is -2.14. The number of amides is 1. The van der Waals surface area contributed by atoms with E-state index in [1.165, 1.54) is 0 Å². The van der Waals surface area contributed by atoms with E-state index in [4.69, 9.17) is 16.2 Å². The molecule has 0 saturated heterocycles. The minimum atomic E-state index is -0.275. The molecule has 0 saturated carbocycles. The standard InChI is InChI=1S/C13H20N2O2/c1-9-8-10(6-7-12(9)17-2)11(14)4-3-5-13(15)16/h6-8,11H,3-5,14H2,1-2H3,(H2,15,16). The van der Waals surface area contributed by atoms with Gasteiger partial charge in [0.05, 0.1) is 7.11 Å². The highest BCUT2D eigenvalue weighted by Gasteiger charge is 2.08. The number of carbonyl (C=O) groups excluding carboxylic acids is 1. The number of methoxy groups -OCH3 is 1. The first-order valence-corrected chi connectivity index (χ1v) is 5.73. The predicted molar refractivity (Wildman–Crippen MR) is 67.7 cm³/mol. The second-order valence-electron chi connectivity index (χ2n) is 4.19. The normalized spacial score (nSPS) is 12.2. The molecule has 0 heterocycles. The summed E-state index contributed by atoms with van der Waals surface area (Å²) in [5, 5.41) is 0. The molecule has 4 nitrogen and oxygen atoms in total. The van der Waals surface area contributed by atoms with E-state index < -0.39 is 0 Å². The zero-order valence-corrected chi connectivity index (χ0v) is 10.4. The van der Waals surface area contributed by atoms with E-state index in [0.29, 0.717) is 6.42 Å². The molecule has 1 aromatic carbocycles. The van der Waals surface area contributed by atoms with Crippen molar-refractivity contribution < 1.29 is 9.53 Å². The summed E-state index contributed by atoms with van der Waals surface area (Å²) in [6.45, 7) is 1.98. The van der Waals surface area contributed by atoms with Crippen LogP contribution in [0.5, 0.6) is 5.75 Å². The molecule has 0 radical (unpaired) electrons. The summed E-state index contributed by atoms with van der Waals surface area (Å²) < 4.78 is 5.19. The largest absolute Gasteiger partial charge is 0.496 e. The Kier molecular flexibility index (Phi) is 4.97. The Morgan fingerprint density at radius 3 is 2.71 bits per heavy atom. The average molecular weight is 236 g/mol. The Hall–Kier alpha value is -1.55. The molecule has 0 fully saturated rings. The summed E-state index contributed by atoms with van der Waals surface area (Å²) in [6.07, 6.45) is 1.87. The topological polar surface area (TPSA) is 78.3 Å². The highest BCUT2D eigenvalue weighted by molar-refractivity contribution is 5.73. The highest BCUT2D eigenvalue weighted by atomic mass is 16.5. The number of aryl methyl sites for hydroxylation is 1. The van der Waals surface area contributed by atoms with Crippen molar-refractivity contribution in [3.8, 4) is 5.75 Å². The van der Waals surface area contributed by atoms with Gasteiger partial charge in [-0.3, -0.25) is 4.79 Å². The number of primary amides is 1. The summed E-state index contributed by atoms with van der Waals surface area (Å²) in [5.41, 5.74) is 13.3. The van der Waals surface area contributed by atoms with Gasteiger partial charge in [-0.15, -0.1) is 0 Å². The molecule has 0 spiro atoms. The second kappa shape index (κ2) is 6.25. The van der Waals surface area contributed by atoms with Crippen LogP contribution in [0.1, 0.15) is 36.4 Å². The van der Waals surface area contributed by atoms with E-state index in [2.05, 4.69) is 0 Å². The Bertz CT molecular complexity index is 391. The van der Waals surface area contributed by atoms with Crippen LogP contribution in [-0.2, 0) is 4.79 Å². The molecular formula is C13H20N2O2. The zero-order chi connectivity index (χ0) is 12.8. The molecule has 17 heavy (non-hydrogen) atoms. The summed E-state index contributed by atoms with van der Waals surface area (Å²) in [6, 6.07) is 5.84. The van der Waals surface area contributed by atoms with Crippen LogP contribution in [-0.4, -0.2) is 13.0 Å². The van der Waals surface area contributed by atoms with E-state index in [0.717, 1.165) is 29.7 Å². The lowest BCUT2D eigenvalue weighted by atomic mass is 10.00. The second-order valence-corrected chi connectivity index (χ2v) is 4.19. The summed E-state index contributed by atoms with van der Waals surface area (Å²) in [5.74, 6) is 0.584. The fraction of sp³-hybridized carbons (Fsp3) is 0.462. The van der Waals surface area contributed by atoms with Crippen molar-refractivity contribution in [3.05, 3.63) is 29.3 Å². The molecule has 4 N–H and O–H groups in total. The van der Waals surface area contributed by atoms with Gasteiger partial charge < -0.3 is 16.2 Å². The summed E-state index contributed by atoms with van der Waals surface area (Å²) in [4.78, 5) is 10.6. The summed E-state index contributed by atoms with van der Waals surface area (Å²) in [7, 11) is 1.65. The Morgan fingerprint density at radius 2 is 2.18 bits per heavy atom. The fourth-order valence-electron chi connectivity index (χ4n) is 1.80. The van der Waals surface area contributed by atoms with Gasteiger partial charge in [0.25, 0.3) is 0 Å². The van der Waals surface area contributed by atoms with Crippen LogP contribution in [0.4, 0.5) is 0 Å². The molecular weight excluding hydrogens is 216 g/mol. The van der Waals surface area contributed by atoms with Crippen LogP contribution in [0, 0.1) is 6.92 Å². The molecule has 0 aliphatic carbocycles. The number of hydrogen-bond donors (Lipinski definition) is 2. The van der Waals surface area contributed by atoms with E-state index in [-0.39, 0.29) is 11.9 Å². The van der Waals surface area contributed by atoms with Crippen LogP contribution in [0.3, 0.4) is 0 Å². The van der Waals surface area contributed by atoms with Crippen LogP contribution in [0.25, 0.3) is 0 Å². The first-order chi connectivity index (χ1) is 8.04. The molecule has 4 heteroatoms. The number of benzene rings is 1. The smallest absolute Gasteiger partial charge is 0.217 e. The van der Waals surface area contributed by atoms with Gasteiger partial charge >= 0.3 is 0 Å². The van der Waals surface area contributed by atoms with E-state index >= 15 is 0 Å². The van der Waals surface area contributed by atoms with Crippen molar-refractivity contribution in [1.29, 1.82) is 0 Å². The third kappa shape index (κ3) is 4.07. The zero-order valence-electron chi connectivity index (χ0n) is 10.4. The van der Waals surface area contributed by atoms with Gasteiger partial charge in [-0.05, 0) is 37.0 Å². The number of nitrogens with two attached hydrogens (primary N) is 2. The third-order valence-corrected chi connectivity index (χ3v) is 2.79. The van der Waals surface area contributed by atoms with Crippen LogP contribution in [0.15, 0.2) is 18.2 Å². The van der Waals surface area contributed by atoms with Gasteiger partial charge in [0.1, 0.15) is 5.75 Å². The monoisotopic (exact) mass is 236 g/mol. The molecule has 0 aromatic heterocycles. The molecule has 1 amide bonds. The van der Waals surface area contributed by atoms with Crippen LogP contribution in [0.2, 0.25) is 0 Å². The summed E-state index contributed by atoms with van der Waals surface area (Å²) >= 11 is 0. The Morgan fingerprint density at radius 1 is 1.47 bits per heavy atom.